The highest BCUT2D eigenvalue weighted by Gasteiger charge is 2.16. The van der Waals surface area contributed by atoms with E-state index in [9.17, 15) is 4.79 Å². The first-order valence-electron chi connectivity index (χ1n) is 8.37. The molecule has 0 atom stereocenters. The van der Waals surface area contributed by atoms with Gasteiger partial charge in [-0.25, -0.2) is 4.98 Å². The number of anilines is 1. The molecule has 0 spiro atoms. The fourth-order valence-corrected chi connectivity index (χ4v) is 3.33. The Labute approximate surface area is 139 Å². The van der Waals surface area contributed by atoms with Crippen molar-refractivity contribution in [1.82, 2.24) is 19.9 Å². The fourth-order valence-electron chi connectivity index (χ4n) is 3.33. The molecule has 122 valence electrons. The number of H-pyrrole nitrogens is 1. The van der Waals surface area contributed by atoms with E-state index >= 15 is 0 Å². The zero-order valence-corrected chi connectivity index (χ0v) is 13.3. The number of aromatic amines is 1. The topological polar surface area (TPSA) is 83.6 Å². The molecule has 3 aromatic heterocycles. The summed E-state index contributed by atoms with van der Waals surface area (Å²) >= 11 is 0. The van der Waals surface area contributed by atoms with Crippen LogP contribution in [0.1, 0.15) is 32.1 Å². The second-order valence-corrected chi connectivity index (χ2v) is 6.19. The number of nitrogens with one attached hydrogen (secondary N) is 2. The quantitative estimate of drug-likeness (QED) is 0.774. The van der Waals surface area contributed by atoms with E-state index in [2.05, 4.69) is 25.3 Å². The third kappa shape index (κ3) is 2.87. The number of fused-ring (bicyclic) bond motifs is 1. The van der Waals surface area contributed by atoms with Crippen molar-refractivity contribution in [2.75, 3.05) is 5.32 Å². The van der Waals surface area contributed by atoms with E-state index in [0.29, 0.717) is 23.0 Å². The lowest BCUT2D eigenvalue weighted by Crippen LogP contribution is -2.25. The normalized spacial score (nSPS) is 15.5. The Balaban J connectivity index is 1.75. The van der Waals surface area contributed by atoms with Crippen LogP contribution in [0.5, 0.6) is 0 Å². The van der Waals surface area contributed by atoms with Crippen LogP contribution in [0.2, 0.25) is 0 Å². The number of aromatic nitrogens is 4. The minimum absolute atomic E-state index is 0.176. The van der Waals surface area contributed by atoms with Gasteiger partial charge in [-0.15, -0.1) is 0 Å². The number of hydrogen-bond acceptors (Lipinski definition) is 5. The predicted molar refractivity (Wildman–Crippen MR) is 93.9 cm³/mol. The molecule has 1 saturated carbocycles. The van der Waals surface area contributed by atoms with Crippen LogP contribution in [0, 0.1) is 0 Å². The van der Waals surface area contributed by atoms with Crippen LogP contribution < -0.4 is 10.9 Å². The first-order chi connectivity index (χ1) is 11.8. The van der Waals surface area contributed by atoms with Crippen molar-refractivity contribution in [1.29, 1.82) is 0 Å². The molecule has 0 radical (unpaired) electrons. The van der Waals surface area contributed by atoms with Crippen LogP contribution in [-0.4, -0.2) is 26.0 Å². The van der Waals surface area contributed by atoms with Crippen molar-refractivity contribution in [3.05, 3.63) is 47.1 Å². The Morgan fingerprint density at radius 2 is 2.00 bits per heavy atom. The van der Waals surface area contributed by atoms with Gasteiger partial charge in [0.05, 0.1) is 5.39 Å². The first-order valence-corrected chi connectivity index (χ1v) is 8.37. The molecule has 6 nitrogen and oxygen atoms in total. The maximum absolute atomic E-state index is 12.6. The molecule has 1 aliphatic carbocycles. The van der Waals surface area contributed by atoms with Crippen LogP contribution in [0.4, 0.5) is 5.95 Å². The number of nitrogens with zero attached hydrogens (tertiary/aromatic N) is 3. The third-order valence-electron chi connectivity index (χ3n) is 4.53. The van der Waals surface area contributed by atoms with Gasteiger partial charge in [-0.1, -0.05) is 25.3 Å². The first kappa shape index (κ1) is 14.8. The molecule has 0 bridgehead atoms. The minimum atomic E-state index is -0.176. The average molecular weight is 321 g/mol. The largest absolute Gasteiger partial charge is 0.353 e. The lowest BCUT2D eigenvalue weighted by molar-refractivity contribution is 0.461. The zero-order valence-electron chi connectivity index (χ0n) is 13.3. The molecule has 1 fully saturated rings. The molecule has 0 aliphatic heterocycles. The molecule has 4 rings (SSSR count). The van der Waals surface area contributed by atoms with Crippen molar-refractivity contribution in [2.45, 2.75) is 38.1 Å². The smallest absolute Gasteiger partial charge is 0.262 e. The zero-order chi connectivity index (χ0) is 16.4. The minimum Gasteiger partial charge on any atom is -0.353 e. The summed E-state index contributed by atoms with van der Waals surface area (Å²) in [5, 5.41) is 3.85. The molecule has 0 amide bonds. The summed E-state index contributed by atoms with van der Waals surface area (Å²) in [6.45, 7) is 0. The van der Waals surface area contributed by atoms with Gasteiger partial charge in [-0.05, 0) is 25.0 Å². The van der Waals surface area contributed by atoms with E-state index in [0.717, 1.165) is 24.0 Å². The second-order valence-electron chi connectivity index (χ2n) is 6.19. The summed E-state index contributed by atoms with van der Waals surface area (Å²) in [4.78, 5) is 28.4. The van der Waals surface area contributed by atoms with E-state index < -0.39 is 0 Å². The SMILES string of the molecule is O=c1[nH]c(NC2CCCCC2)nc2nccc(-c3cccnc3)c12. The molecular formula is C18H19N5O. The molecule has 6 heteroatoms. The van der Waals surface area contributed by atoms with Gasteiger partial charge in [0.1, 0.15) is 0 Å². The van der Waals surface area contributed by atoms with Gasteiger partial charge in [0.25, 0.3) is 5.56 Å². The van der Waals surface area contributed by atoms with Crippen molar-refractivity contribution < 1.29 is 0 Å². The summed E-state index contributed by atoms with van der Waals surface area (Å²) < 4.78 is 0. The van der Waals surface area contributed by atoms with Gasteiger partial charge in [-0.3, -0.25) is 14.8 Å². The molecular weight excluding hydrogens is 302 g/mol. The Bertz CT molecular complexity index is 900. The maximum atomic E-state index is 12.6. The van der Waals surface area contributed by atoms with Crippen molar-refractivity contribution in [2.24, 2.45) is 0 Å². The van der Waals surface area contributed by atoms with Gasteiger partial charge in [-0.2, -0.15) is 4.98 Å². The lowest BCUT2D eigenvalue weighted by Gasteiger charge is -2.22. The van der Waals surface area contributed by atoms with Gasteiger partial charge in [0.15, 0.2) is 5.65 Å². The van der Waals surface area contributed by atoms with Crippen molar-refractivity contribution in [3.8, 4) is 11.1 Å². The van der Waals surface area contributed by atoms with Gasteiger partial charge < -0.3 is 5.32 Å². The van der Waals surface area contributed by atoms with E-state index in [1.54, 1.807) is 18.6 Å². The predicted octanol–water partition coefficient (Wildman–Crippen LogP) is 3.12. The van der Waals surface area contributed by atoms with Crippen molar-refractivity contribution >= 4 is 17.0 Å². The summed E-state index contributed by atoms with van der Waals surface area (Å²) in [5.41, 5.74) is 1.96. The standard InChI is InChI=1S/C18H19N5O/c24-17-15-14(12-5-4-9-19-11-12)8-10-20-16(15)22-18(23-17)21-13-6-2-1-3-7-13/h4-5,8-11,13H,1-3,6-7H2,(H2,20,21,22,23,24). The molecule has 0 unspecified atom stereocenters. The lowest BCUT2D eigenvalue weighted by atomic mass is 9.96. The monoisotopic (exact) mass is 321 g/mol. The Morgan fingerprint density at radius 1 is 1.12 bits per heavy atom. The molecule has 3 aromatic rings. The number of hydrogen-bond donors (Lipinski definition) is 2. The molecule has 2 N–H and O–H groups in total. The van der Waals surface area contributed by atoms with Crippen LogP contribution in [0.3, 0.4) is 0 Å². The number of pyridine rings is 2. The van der Waals surface area contributed by atoms with Crippen LogP contribution in [0.25, 0.3) is 22.2 Å². The highest BCUT2D eigenvalue weighted by atomic mass is 16.1. The Morgan fingerprint density at radius 3 is 2.79 bits per heavy atom. The van der Waals surface area contributed by atoms with Gasteiger partial charge in [0.2, 0.25) is 5.95 Å². The highest BCUT2D eigenvalue weighted by molar-refractivity contribution is 5.91. The summed E-state index contributed by atoms with van der Waals surface area (Å²) in [6.07, 6.45) is 11.1. The van der Waals surface area contributed by atoms with Crippen molar-refractivity contribution in [3.63, 3.8) is 0 Å². The van der Waals surface area contributed by atoms with Gasteiger partial charge >= 0.3 is 0 Å². The summed E-state index contributed by atoms with van der Waals surface area (Å²) in [7, 11) is 0. The molecule has 0 aromatic carbocycles. The van der Waals surface area contributed by atoms with E-state index in [1.165, 1.54) is 19.3 Å². The highest BCUT2D eigenvalue weighted by Crippen LogP contribution is 2.24. The van der Waals surface area contributed by atoms with Gasteiger partial charge in [0, 0.05) is 35.8 Å². The number of rotatable bonds is 3. The van der Waals surface area contributed by atoms with Crippen LogP contribution >= 0.6 is 0 Å². The Kier molecular flexibility index (Phi) is 3.94. The molecule has 24 heavy (non-hydrogen) atoms. The summed E-state index contributed by atoms with van der Waals surface area (Å²) in [6, 6.07) is 5.98. The maximum Gasteiger partial charge on any atom is 0.262 e. The van der Waals surface area contributed by atoms with E-state index in [1.807, 2.05) is 18.2 Å². The van der Waals surface area contributed by atoms with Crippen LogP contribution in [-0.2, 0) is 0 Å². The molecule has 1 aliphatic rings. The fraction of sp³-hybridized carbons (Fsp3) is 0.333. The van der Waals surface area contributed by atoms with E-state index in [-0.39, 0.29) is 5.56 Å². The molecule has 0 saturated heterocycles. The van der Waals surface area contributed by atoms with E-state index in [4.69, 9.17) is 0 Å². The molecule has 3 heterocycles. The van der Waals surface area contributed by atoms with Crippen LogP contribution in [0.15, 0.2) is 41.6 Å². The second kappa shape index (κ2) is 6.39. The third-order valence-corrected chi connectivity index (χ3v) is 4.53. The Hall–Kier alpha value is -2.76. The average Bonchev–Trinajstić information content (AvgIpc) is 2.63. The summed E-state index contributed by atoms with van der Waals surface area (Å²) in [5.74, 6) is 0.509.